The number of hydrogen-bond donors (Lipinski definition) is 2. The van der Waals surface area contributed by atoms with E-state index >= 15 is 0 Å². The molecule has 2 heterocycles. The summed E-state index contributed by atoms with van der Waals surface area (Å²) in [5.74, 6) is 1.55. The zero-order chi connectivity index (χ0) is 15.2. The van der Waals surface area contributed by atoms with E-state index in [2.05, 4.69) is 10.3 Å². The highest BCUT2D eigenvalue weighted by molar-refractivity contribution is 7.13. The quantitative estimate of drug-likeness (QED) is 0.720. The highest BCUT2D eigenvalue weighted by atomic mass is 32.1. The fraction of sp³-hybridized carbons (Fsp3) is 0.400. The Kier molecular flexibility index (Phi) is 5.23. The second kappa shape index (κ2) is 7.55. The first kappa shape index (κ1) is 15.2. The van der Waals surface area contributed by atoms with Gasteiger partial charge in [0.05, 0.1) is 25.5 Å². The summed E-state index contributed by atoms with van der Waals surface area (Å²) in [5, 5.41) is 14.9. The Morgan fingerprint density at radius 1 is 1.27 bits per heavy atom. The minimum Gasteiger partial charge on any atom is -0.454 e. The number of thiazole rings is 1. The van der Waals surface area contributed by atoms with Crippen molar-refractivity contribution in [2.75, 3.05) is 33.2 Å². The summed E-state index contributed by atoms with van der Waals surface area (Å²) < 4.78 is 15.9. The topological polar surface area (TPSA) is 72.8 Å². The van der Waals surface area contributed by atoms with Crippen LogP contribution in [-0.2, 0) is 11.3 Å². The second-order valence-corrected chi connectivity index (χ2v) is 5.58. The lowest BCUT2D eigenvalue weighted by atomic mass is 10.2. The molecule has 0 fully saturated rings. The van der Waals surface area contributed by atoms with Crippen LogP contribution in [0.3, 0.4) is 0 Å². The normalized spacial score (nSPS) is 12.8. The average Bonchev–Trinajstić information content (AvgIpc) is 3.18. The molecular formula is C15H18N2O4S. The lowest BCUT2D eigenvalue weighted by Gasteiger charge is -2.03. The molecule has 1 aromatic carbocycles. The number of ether oxygens (including phenoxy) is 3. The van der Waals surface area contributed by atoms with Gasteiger partial charge in [-0.05, 0) is 18.2 Å². The number of aliphatic hydroxyl groups excluding tert-OH is 1. The lowest BCUT2D eigenvalue weighted by molar-refractivity contribution is 0.0937. The predicted octanol–water partition coefficient (Wildman–Crippen LogP) is 1.64. The first-order valence-corrected chi connectivity index (χ1v) is 7.98. The maximum Gasteiger partial charge on any atom is 0.231 e. The maximum atomic E-state index is 8.60. The van der Waals surface area contributed by atoms with Crippen molar-refractivity contribution in [2.24, 2.45) is 0 Å². The van der Waals surface area contributed by atoms with E-state index in [0.717, 1.165) is 34.3 Å². The van der Waals surface area contributed by atoms with Crippen molar-refractivity contribution in [3.8, 4) is 22.1 Å². The molecule has 1 aliphatic rings. The van der Waals surface area contributed by atoms with Crippen molar-refractivity contribution in [2.45, 2.75) is 6.54 Å². The van der Waals surface area contributed by atoms with Crippen LogP contribution in [0.5, 0.6) is 11.5 Å². The highest BCUT2D eigenvalue weighted by Gasteiger charge is 2.15. The van der Waals surface area contributed by atoms with Crippen molar-refractivity contribution in [1.82, 2.24) is 10.3 Å². The Balaban J connectivity index is 1.53. The van der Waals surface area contributed by atoms with Crippen LogP contribution in [0.15, 0.2) is 23.6 Å². The Bertz CT molecular complexity index is 617. The monoisotopic (exact) mass is 322 g/mol. The molecule has 2 aromatic rings. The zero-order valence-electron chi connectivity index (χ0n) is 12.1. The van der Waals surface area contributed by atoms with Gasteiger partial charge in [-0.3, -0.25) is 0 Å². The summed E-state index contributed by atoms with van der Waals surface area (Å²) in [4.78, 5) is 4.62. The van der Waals surface area contributed by atoms with Gasteiger partial charge in [-0.15, -0.1) is 11.3 Å². The van der Waals surface area contributed by atoms with Gasteiger partial charge in [-0.2, -0.15) is 0 Å². The summed E-state index contributed by atoms with van der Waals surface area (Å²) in [6.07, 6.45) is 0. The van der Waals surface area contributed by atoms with Gasteiger partial charge in [0.15, 0.2) is 11.5 Å². The van der Waals surface area contributed by atoms with E-state index in [4.69, 9.17) is 19.3 Å². The Hall–Kier alpha value is -1.67. The number of hydrogen-bond acceptors (Lipinski definition) is 7. The molecule has 118 valence electrons. The number of benzene rings is 1. The van der Waals surface area contributed by atoms with Crippen LogP contribution < -0.4 is 14.8 Å². The largest absolute Gasteiger partial charge is 0.454 e. The number of aliphatic hydroxyl groups is 1. The number of nitrogens with one attached hydrogen (secondary N) is 1. The molecule has 0 radical (unpaired) electrons. The highest BCUT2D eigenvalue weighted by Crippen LogP contribution is 2.36. The molecule has 1 aromatic heterocycles. The number of fused-ring (bicyclic) bond motifs is 1. The SMILES string of the molecule is OCCOCCNCc1csc(-c2ccc3c(c2)OCO3)n1. The molecule has 22 heavy (non-hydrogen) atoms. The molecule has 0 aliphatic carbocycles. The van der Waals surface area contributed by atoms with Crippen LogP contribution in [0.4, 0.5) is 0 Å². The molecule has 0 atom stereocenters. The third-order valence-corrected chi connectivity index (χ3v) is 4.08. The fourth-order valence-corrected chi connectivity index (χ4v) is 2.89. The summed E-state index contributed by atoms with van der Waals surface area (Å²) in [5.41, 5.74) is 2.03. The lowest BCUT2D eigenvalue weighted by Crippen LogP contribution is -2.20. The third kappa shape index (κ3) is 3.75. The molecule has 3 rings (SSSR count). The van der Waals surface area contributed by atoms with Gasteiger partial charge in [0.25, 0.3) is 0 Å². The van der Waals surface area contributed by atoms with E-state index in [9.17, 15) is 0 Å². The molecule has 0 saturated heterocycles. The van der Waals surface area contributed by atoms with Crippen LogP contribution in [0.2, 0.25) is 0 Å². The maximum absolute atomic E-state index is 8.60. The Labute approximate surface area is 132 Å². The van der Waals surface area contributed by atoms with Gasteiger partial charge in [0.1, 0.15) is 5.01 Å². The number of aromatic nitrogens is 1. The molecule has 7 heteroatoms. The van der Waals surface area contributed by atoms with E-state index in [1.807, 2.05) is 23.6 Å². The number of nitrogens with zero attached hydrogens (tertiary/aromatic N) is 1. The van der Waals surface area contributed by atoms with Crippen molar-refractivity contribution in [3.05, 3.63) is 29.3 Å². The smallest absolute Gasteiger partial charge is 0.231 e. The number of rotatable bonds is 8. The first-order valence-electron chi connectivity index (χ1n) is 7.10. The van der Waals surface area contributed by atoms with Gasteiger partial charge >= 0.3 is 0 Å². The van der Waals surface area contributed by atoms with E-state index in [1.165, 1.54) is 0 Å². The van der Waals surface area contributed by atoms with Crippen molar-refractivity contribution in [1.29, 1.82) is 0 Å². The summed E-state index contributed by atoms with van der Waals surface area (Å²) >= 11 is 1.61. The van der Waals surface area contributed by atoms with Crippen molar-refractivity contribution >= 4 is 11.3 Å². The van der Waals surface area contributed by atoms with E-state index < -0.39 is 0 Å². The van der Waals surface area contributed by atoms with Gasteiger partial charge in [-0.1, -0.05) is 0 Å². The molecule has 6 nitrogen and oxygen atoms in total. The molecule has 0 saturated carbocycles. The van der Waals surface area contributed by atoms with Gasteiger partial charge in [-0.25, -0.2) is 4.98 Å². The molecule has 0 bridgehead atoms. The summed E-state index contributed by atoms with van der Waals surface area (Å²) in [6.45, 7) is 2.74. The van der Waals surface area contributed by atoms with Crippen LogP contribution in [0.1, 0.15) is 5.69 Å². The van der Waals surface area contributed by atoms with E-state index in [1.54, 1.807) is 11.3 Å². The molecule has 0 spiro atoms. The Morgan fingerprint density at radius 2 is 2.18 bits per heavy atom. The van der Waals surface area contributed by atoms with Crippen molar-refractivity contribution in [3.63, 3.8) is 0 Å². The molecular weight excluding hydrogens is 304 g/mol. The van der Waals surface area contributed by atoms with E-state index in [0.29, 0.717) is 19.8 Å². The fourth-order valence-electron chi connectivity index (χ4n) is 2.08. The van der Waals surface area contributed by atoms with Crippen LogP contribution in [0, 0.1) is 0 Å². The van der Waals surface area contributed by atoms with Crippen LogP contribution in [0.25, 0.3) is 10.6 Å². The molecule has 1 aliphatic heterocycles. The van der Waals surface area contributed by atoms with Gasteiger partial charge in [0, 0.05) is 24.0 Å². The van der Waals surface area contributed by atoms with E-state index in [-0.39, 0.29) is 13.4 Å². The van der Waals surface area contributed by atoms with Crippen LogP contribution in [-0.4, -0.2) is 43.2 Å². The van der Waals surface area contributed by atoms with Crippen molar-refractivity contribution < 1.29 is 19.3 Å². The predicted molar refractivity (Wildman–Crippen MR) is 83.3 cm³/mol. The average molecular weight is 322 g/mol. The van der Waals surface area contributed by atoms with Gasteiger partial charge in [0.2, 0.25) is 6.79 Å². The van der Waals surface area contributed by atoms with Gasteiger partial charge < -0.3 is 24.6 Å². The minimum absolute atomic E-state index is 0.0605. The first-order chi connectivity index (χ1) is 10.9. The molecule has 0 amide bonds. The molecule has 0 unspecified atom stereocenters. The second-order valence-electron chi connectivity index (χ2n) is 4.72. The standard InChI is InChI=1S/C15H18N2O4S/c18-4-6-19-5-3-16-8-12-9-22-15(17-12)11-1-2-13-14(7-11)21-10-20-13/h1-2,7,9,16,18H,3-6,8,10H2. The third-order valence-electron chi connectivity index (χ3n) is 3.14. The summed E-state index contributed by atoms with van der Waals surface area (Å²) in [6, 6.07) is 5.86. The zero-order valence-corrected chi connectivity index (χ0v) is 12.9. The summed E-state index contributed by atoms with van der Waals surface area (Å²) in [7, 11) is 0. The minimum atomic E-state index is 0.0605. The molecule has 2 N–H and O–H groups in total. The Morgan fingerprint density at radius 3 is 3.09 bits per heavy atom. The van der Waals surface area contributed by atoms with Crippen LogP contribution >= 0.6 is 11.3 Å².